The molecule has 0 amide bonds. The van der Waals surface area contributed by atoms with Gasteiger partial charge in [-0.3, -0.25) is 4.90 Å². The molecule has 1 aliphatic heterocycles. The Labute approximate surface area is 216 Å². The van der Waals surface area contributed by atoms with Crippen molar-refractivity contribution in [1.82, 2.24) is 9.88 Å². The minimum atomic E-state index is -0.326. The number of carbonyl (C=O) groups excluding carboxylic acids is 1. The van der Waals surface area contributed by atoms with Crippen molar-refractivity contribution in [3.63, 3.8) is 0 Å². The second kappa shape index (κ2) is 11.8. The molecule has 0 bridgehead atoms. The molecule has 184 valence electrons. The molecule has 0 saturated carbocycles. The highest BCUT2D eigenvalue weighted by Crippen LogP contribution is 2.28. The average Bonchev–Trinajstić information content (AvgIpc) is 2.84. The lowest BCUT2D eigenvalue weighted by molar-refractivity contribution is 0.0378. The Morgan fingerprint density at radius 1 is 1.00 bits per heavy atom. The first kappa shape index (κ1) is 25.3. The van der Waals surface area contributed by atoms with E-state index < -0.39 is 0 Å². The van der Waals surface area contributed by atoms with E-state index in [2.05, 4.69) is 39.0 Å². The zero-order valence-electron chi connectivity index (χ0n) is 19.9. The van der Waals surface area contributed by atoms with Crippen LogP contribution in [-0.2, 0) is 17.9 Å². The lowest BCUT2D eigenvalue weighted by Crippen LogP contribution is -2.46. The predicted molar refractivity (Wildman–Crippen MR) is 140 cm³/mol. The quantitative estimate of drug-likeness (QED) is 0.352. The largest absolute Gasteiger partial charge is 0.487 e. The van der Waals surface area contributed by atoms with Gasteiger partial charge in [-0.2, -0.15) is 0 Å². The minimum Gasteiger partial charge on any atom is -0.487 e. The molecule has 3 aromatic rings. The van der Waals surface area contributed by atoms with Crippen LogP contribution < -0.4 is 9.64 Å². The molecule has 0 aliphatic carbocycles. The Kier molecular flexibility index (Phi) is 8.50. The molecular formula is C27H29Cl2N3O3. The molecule has 35 heavy (non-hydrogen) atoms. The predicted octanol–water partition coefficient (Wildman–Crippen LogP) is 5.85. The number of anilines is 1. The minimum absolute atomic E-state index is 0.166. The van der Waals surface area contributed by atoms with Crippen molar-refractivity contribution >= 4 is 35.0 Å². The molecule has 4 rings (SSSR count). The van der Waals surface area contributed by atoms with Gasteiger partial charge in [-0.05, 0) is 55.3 Å². The zero-order chi connectivity index (χ0) is 24.8. The summed E-state index contributed by atoms with van der Waals surface area (Å²) < 4.78 is 11.2. The van der Waals surface area contributed by atoms with Crippen LogP contribution in [0.5, 0.6) is 5.75 Å². The summed E-state index contributed by atoms with van der Waals surface area (Å²) in [7, 11) is 0. The van der Waals surface area contributed by atoms with Gasteiger partial charge in [0.25, 0.3) is 0 Å². The highest BCUT2D eigenvalue weighted by atomic mass is 35.5. The summed E-state index contributed by atoms with van der Waals surface area (Å²) in [4.78, 5) is 21.5. The highest BCUT2D eigenvalue weighted by Gasteiger charge is 2.23. The number of hydrogen-bond acceptors (Lipinski definition) is 6. The maximum Gasteiger partial charge on any atom is 0.342 e. The summed E-state index contributed by atoms with van der Waals surface area (Å²) >= 11 is 12.1. The molecule has 1 fully saturated rings. The number of halogens is 2. The van der Waals surface area contributed by atoms with Crippen LogP contribution in [0.2, 0.25) is 10.0 Å². The van der Waals surface area contributed by atoms with E-state index in [1.165, 1.54) is 5.56 Å². The van der Waals surface area contributed by atoms with Crippen LogP contribution in [0.15, 0.2) is 60.8 Å². The summed E-state index contributed by atoms with van der Waals surface area (Å²) in [5, 5.41) is 1.09. The second-order valence-electron chi connectivity index (χ2n) is 8.77. The van der Waals surface area contributed by atoms with Crippen LogP contribution in [0.1, 0.15) is 35.3 Å². The smallest absolute Gasteiger partial charge is 0.342 e. The van der Waals surface area contributed by atoms with Gasteiger partial charge in [0.1, 0.15) is 23.7 Å². The molecule has 0 spiro atoms. The summed E-state index contributed by atoms with van der Waals surface area (Å²) in [6, 6.07) is 17.2. The third-order valence-electron chi connectivity index (χ3n) is 5.74. The Hall–Kier alpha value is -2.80. The van der Waals surface area contributed by atoms with Crippen molar-refractivity contribution in [2.75, 3.05) is 31.1 Å². The lowest BCUT2D eigenvalue weighted by Gasteiger charge is -2.36. The zero-order valence-corrected chi connectivity index (χ0v) is 21.4. The number of hydrogen-bond donors (Lipinski definition) is 0. The van der Waals surface area contributed by atoms with Gasteiger partial charge in [-0.1, -0.05) is 47.5 Å². The maximum atomic E-state index is 12.5. The third-order valence-corrected chi connectivity index (χ3v) is 6.27. The standard InChI is InChI=1S/C27H29Cl2N3O3/c1-19(2)35-27(33)23-4-3-11-30-26(23)32-14-12-31(13-15-32)17-20-5-7-21(8-6-20)18-34-25-10-9-22(28)16-24(25)29/h3-11,16,19H,12-15,17-18H2,1-2H3. The van der Waals surface area contributed by atoms with Gasteiger partial charge >= 0.3 is 5.97 Å². The molecule has 8 heteroatoms. The first-order chi connectivity index (χ1) is 16.9. The summed E-state index contributed by atoms with van der Waals surface area (Å²) in [6.45, 7) is 8.36. The van der Waals surface area contributed by atoms with Gasteiger partial charge in [0.15, 0.2) is 0 Å². The van der Waals surface area contributed by atoms with Gasteiger partial charge < -0.3 is 14.4 Å². The van der Waals surface area contributed by atoms with E-state index in [0.29, 0.717) is 33.8 Å². The van der Waals surface area contributed by atoms with E-state index in [1.54, 1.807) is 36.5 Å². The van der Waals surface area contributed by atoms with Crippen molar-refractivity contribution in [1.29, 1.82) is 0 Å². The first-order valence-electron chi connectivity index (χ1n) is 11.7. The van der Waals surface area contributed by atoms with Crippen molar-refractivity contribution in [3.8, 4) is 5.75 Å². The molecule has 6 nitrogen and oxygen atoms in total. The Morgan fingerprint density at radius 2 is 1.71 bits per heavy atom. The van der Waals surface area contributed by atoms with Crippen LogP contribution in [0.4, 0.5) is 5.82 Å². The van der Waals surface area contributed by atoms with E-state index in [0.717, 1.165) is 38.3 Å². The van der Waals surface area contributed by atoms with Gasteiger partial charge in [0.2, 0.25) is 0 Å². The third kappa shape index (κ3) is 6.88. The number of rotatable bonds is 8. The summed E-state index contributed by atoms with van der Waals surface area (Å²) in [5.74, 6) is 0.988. The van der Waals surface area contributed by atoms with Crippen LogP contribution in [0.25, 0.3) is 0 Å². The first-order valence-corrected chi connectivity index (χ1v) is 12.4. The number of esters is 1. The van der Waals surface area contributed by atoms with Crippen molar-refractivity contribution < 1.29 is 14.3 Å². The summed E-state index contributed by atoms with van der Waals surface area (Å²) in [5.41, 5.74) is 2.83. The Balaban J connectivity index is 1.29. The van der Waals surface area contributed by atoms with Crippen LogP contribution in [0.3, 0.4) is 0 Å². The normalized spacial score (nSPS) is 14.3. The lowest BCUT2D eigenvalue weighted by atomic mass is 10.1. The molecular weight excluding hydrogens is 485 g/mol. The van der Waals surface area contributed by atoms with E-state index >= 15 is 0 Å². The molecule has 2 heterocycles. The number of nitrogens with zero attached hydrogens (tertiary/aromatic N) is 3. The number of aromatic nitrogens is 1. The van der Waals surface area contributed by atoms with Gasteiger partial charge in [-0.15, -0.1) is 0 Å². The topological polar surface area (TPSA) is 54.9 Å². The average molecular weight is 514 g/mol. The van der Waals surface area contributed by atoms with Gasteiger partial charge in [0.05, 0.1) is 11.1 Å². The fraction of sp³-hybridized carbons (Fsp3) is 0.333. The molecule has 1 aliphatic rings. The Bertz CT molecular complexity index is 1150. The molecule has 0 unspecified atom stereocenters. The maximum absolute atomic E-state index is 12.5. The fourth-order valence-corrected chi connectivity index (χ4v) is 4.42. The molecule has 0 N–H and O–H groups in total. The van der Waals surface area contributed by atoms with Crippen LogP contribution in [0, 0.1) is 0 Å². The summed E-state index contributed by atoms with van der Waals surface area (Å²) in [6.07, 6.45) is 1.56. The number of carbonyl (C=O) groups is 1. The monoisotopic (exact) mass is 513 g/mol. The number of pyridine rings is 1. The molecule has 0 radical (unpaired) electrons. The molecule has 1 saturated heterocycles. The van der Waals surface area contributed by atoms with Crippen molar-refractivity contribution in [2.24, 2.45) is 0 Å². The Morgan fingerprint density at radius 3 is 2.40 bits per heavy atom. The van der Waals surface area contributed by atoms with Crippen LogP contribution >= 0.6 is 23.2 Å². The number of piperazine rings is 1. The van der Waals surface area contributed by atoms with E-state index in [-0.39, 0.29) is 12.1 Å². The van der Waals surface area contributed by atoms with Gasteiger partial charge in [-0.25, -0.2) is 9.78 Å². The molecule has 1 aromatic heterocycles. The molecule has 2 aromatic carbocycles. The molecule has 0 atom stereocenters. The SMILES string of the molecule is CC(C)OC(=O)c1cccnc1N1CCN(Cc2ccc(COc3ccc(Cl)cc3Cl)cc2)CC1. The van der Waals surface area contributed by atoms with Crippen molar-refractivity contribution in [3.05, 3.63) is 87.5 Å². The van der Waals surface area contributed by atoms with E-state index in [9.17, 15) is 4.79 Å². The highest BCUT2D eigenvalue weighted by molar-refractivity contribution is 6.35. The van der Waals surface area contributed by atoms with Crippen LogP contribution in [-0.4, -0.2) is 48.1 Å². The van der Waals surface area contributed by atoms with E-state index in [4.69, 9.17) is 32.7 Å². The van der Waals surface area contributed by atoms with Crippen molar-refractivity contribution in [2.45, 2.75) is 33.1 Å². The van der Waals surface area contributed by atoms with E-state index in [1.807, 2.05) is 13.8 Å². The fourth-order valence-electron chi connectivity index (χ4n) is 3.96. The second-order valence-corrected chi connectivity index (χ2v) is 9.62. The number of ether oxygens (including phenoxy) is 2. The van der Waals surface area contributed by atoms with Gasteiger partial charge in [0, 0.05) is 43.9 Å². The number of benzene rings is 2.